The normalized spacial score (nSPS) is 43.4. The molecular formula is C16H30N2O. The van der Waals surface area contributed by atoms with Gasteiger partial charge in [0, 0.05) is 43.2 Å². The van der Waals surface area contributed by atoms with Crippen molar-refractivity contribution in [1.82, 2.24) is 10.2 Å². The van der Waals surface area contributed by atoms with E-state index >= 15 is 0 Å². The van der Waals surface area contributed by atoms with Gasteiger partial charge in [-0.25, -0.2) is 0 Å². The van der Waals surface area contributed by atoms with Gasteiger partial charge >= 0.3 is 0 Å². The summed E-state index contributed by atoms with van der Waals surface area (Å²) in [6.07, 6.45) is 7.12. The van der Waals surface area contributed by atoms with Crippen LogP contribution < -0.4 is 5.32 Å². The van der Waals surface area contributed by atoms with Crippen LogP contribution in [0.3, 0.4) is 0 Å². The quantitative estimate of drug-likeness (QED) is 0.799. The number of rotatable bonds is 6. The number of nitrogens with zero attached hydrogens (tertiary/aromatic N) is 1. The van der Waals surface area contributed by atoms with E-state index in [-0.39, 0.29) is 0 Å². The molecule has 4 unspecified atom stereocenters. The van der Waals surface area contributed by atoms with Crippen LogP contribution in [0.2, 0.25) is 0 Å². The Morgan fingerprint density at radius 2 is 2.05 bits per heavy atom. The zero-order valence-electron chi connectivity index (χ0n) is 12.8. The van der Waals surface area contributed by atoms with Gasteiger partial charge in [0.2, 0.25) is 0 Å². The SMILES string of the molecule is CCOC1CC(NC2CCN(C3CC3)C2)C1(C)CC. The summed E-state index contributed by atoms with van der Waals surface area (Å²) in [5.41, 5.74) is 0.350. The standard InChI is InChI=1S/C16H30N2O/c1-4-16(3)14(10-15(16)19-5-2)17-12-8-9-18(11-12)13-6-7-13/h12-15,17H,4-11H2,1-3H3. The molecule has 0 spiro atoms. The zero-order valence-corrected chi connectivity index (χ0v) is 12.8. The smallest absolute Gasteiger partial charge is 0.0658 e. The molecule has 3 aliphatic rings. The summed E-state index contributed by atoms with van der Waals surface area (Å²) < 4.78 is 5.90. The molecule has 0 aromatic heterocycles. The molecule has 110 valence electrons. The molecule has 0 bridgehead atoms. The first kappa shape index (κ1) is 13.8. The fourth-order valence-electron chi connectivity index (χ4n) is 3.99. The molecule has 1 saturated heterocycles. The molecule has 0 amide bonds. The summed E-state index contributed by atoms with van der Waals surface area (Å²) in [6.45, 7) is 10.3. The molecule has 0 radical (unpaired) electrons. The molecule has 3 heteroatoms. The number of hydrogen-bond donors (Lipinski definition) is 1. The van der Waals surface area contributed by atoms with Crippen LogP contribution in [0.15, 0.2) is 0 Å². The second kappa shape index (κ2) is 5.34. The largest absolute Gasteiger partial charge is 0.378 e. The third-order valence-corrected chi connectivity index (χ3v) is 5.83. The topological polar surface area (TPSA) is 24.5 Å². The van der Waals surface area contributed by atoms with Gasteiger partial charge < -0.3 is 10.1 Å². The Kier molecular flexibility index (Phi) is 3.89. The molecule has 2 aliphatic carbocycles. The van der Waals surface area contributed by atoms with Crippen LogP contribution in [0.1, 0.15) is 52.9 Å². The maximum absolute atomic E-state index is 5.90. The highest BCUT2D eigenvalue weighted by Gasteiger charge is 2.51. The van der Waals surface area contributed by atoms with E-state index in [0.29, 0.717) is 17.6 Å². The van der Waals surface area contributed by atoms with Crippen molar-refractivity contribution in [2.75, 3.05) is 19.7 Å². The first-order chi connectivity index (χ1) is 9.17. The van der Waals surface area contributed by atoms with Crippen LogP contribution in [0.4, 0.5) is 0 Å². The van der Waals surface area contributed by atoms with Gasteiger partial charge in [0.25, 0.3) is 0 Å². The van der Waals surface area contributed by atoms with E-state index in [9.17, 15) is 0 Å². The van der Waals surface area contributed by atoms with Crippen molar-refractivity contribution in [3.05, 3.63) is 0 Å². The van der Waals surface area contributed by atoms with E-state index < -0.39 is 0 Å². The Hall–Kier alpha value is -0.120. The summed E-state index contributed by atoms with van der Waals surface area (Å²) in [7, 11) is 0. The molecule has 1 N–H and O–H groups in total. The van der Waals surface area contributed by atoms with Gasteiger partial charge in [0.15, 0.2) is 0 Å². The number of ether oxygens (including phenoxy) is 1. The summed E-state index contributed by atoms with van der Waals surface area (Å²) in [4.78, 5) is 2.69. The van der Waals surface area contributed by atoms with Crippen LogP contribution in [-0.2, 0) is 4.74 Å². The summed E-state index contributed by atoms with van der Waals surface area (Å²) in [6, 6.07) is 2.32. The van der Waals surface area contributed by atoms with Gasteiger partial charge in [-0.1, -0.05) is 13.8 Å². The highest BCUT2D eigenvalue weighted by Crippen LogP contribution is 2.46. The fraction of sp³-hybridized carbons (Fsp3) is 1.00. The first-order valence-electron chi connectivity index (χ1n) is 8.29. The number of likely N-dealkylation sites (tertiary alicyclic amines) is 1. The molecule has 1 heterocycles. The zero-order chi connectivity index (χ0) is 13.5. The predicted molar refractivity (Wildman–Crippen MR) is 78.4 cm³/mol. The first-order valence-corrected chi connectivity index (χ1v) is 8.29. The Labute approximate surface area is 118 Å². The molecule has 3 rings (SSSR count). The van der Waals surface area contributed by atoms with Crippen molar-refractivity contribution in [2.24, 2.45) is 5.41 Å². The van der Waals surface area contributed by atoms with Gasteiger partial charge in [0.1, 0.15) is 0 Å². The average Bonchev–Trinajstić information content (AvgIpc) is 3.17. The lowest BCUT2D eigenvalue weighted by atomic mass is 9.61. The lowest BCUT2D eigenvalue weighted by Gasteiger charge is -2.54. The van der Waals surface area contributed by atoms with Crippen molar-refractivity contribution in [3.8, 4) is 0 Å². The van der Waals surface area contributed by atoms with E-state index in [2.05, 4.69) is 31.0 Å². The summed E-state index contributed by atoms with van der Waals surface area (Å²) >= 11 is 0. The Morgan fingerprint density at radius 3 is 2.68 bits per heavy atom. The van der Waals surface area contributed by atoms with Gasteiger partial charge in [0.05, 0.1) is 6.10 Å². The van der Waals surface area contributed by atoms with E-state index in [1.807, 2.05) is 0 Å². The minimum Gasteiger partial charge on any atom is -0.378 e. The molecule has 0 aromatic carbocycles. The second-order valence-corrected chi connectivity index (χ2v) is 6.97. The maximum Gasteiger partial charge on any atom is 0.0658 e. The monoisotopic (exact) mass is 266 g/mol. The molecule has 19 heavy (non-hydrogen) atoms. The molecule has 4 atom stereocenters. The van der Waals surface area contributed by atoms with Crippen molar-refractivity contribution in [1.29, 1.82) is 0 Å². The van der Waals surface area contributed by atoms with Crippen molar-refractivity contribution in [2.45, 2.75) is 77.1 Å². The van der Waals surface area contributed by atoms with Crippen LogP contribution in [0.25, 0.3) is 0 Å². The minimum atomic E-state index is 0.350. The average molecular weight is 266 g/mol. The molecule has 0 aromatic rings. The Balaban J connectivity index is 1.50. The van der Waals surface area contributed by atoms with Crippen molar-refractivity contribution < 1.29 is 4.74 Å². The maximum atomic E-state index is 5.90. The molecule has 3 fully saturated rings. The lowest BCUT2D eigenvalue weighted by molar-refractivity contribution is -0.127. The molecule has 1 aliphatic heterocycles. The molecule has 3 nitrogen and oxygen atoms in total. The van der Waals surface area contributed by atoms with E-state index in [4.69, 9.17) is 4.74 Å². The summed E-state index contributed by atoms with van der Waals surface area (Å²) in [5.74, 6) is 0. The Morgan fingerprint density at radius 1 is 1.26 bits per heavy atom. The van der Waals surface area contributed by atoms with E-state index in [1.54, 1.807) is 0 Å². The molecular weight excluding hydrogens is 236 g/mol. The third-order valence-electron chi connectivity index (χ3n) is 5.83. The highest BCUT2D eigenvalue weighted by molar-refractivity contribution is 5.06. The van der Waals surface area contributed by atoms with Crippen molar-refractivity contribution in [3.63, 3.8) is 0 Å². The van der Waals surface area contributed by atoms with Crippen LogP contribution in [-0.4, -0.2) is 48.8 Å². The van der Waals surface area contributed by atoms with Gasteiger partial charge in [-0.2, -0.15) is 0 Å². The number of hydrogen-bond acceptors (Lipinski definition) is 3. The lowest BCUT2D eigenvalue weighted by Crippen LogP contribution is -2.64. The third kappa shape index (κ3) is 2.57. The van der Waals surface area contributed by atoms with Crippen LogP contribution in [0, 0.1) is 5.41 Å². The predicted octanol–water partition coefficient (Wildman–Crippen LogP) is 2.41. The van der Waals surface area contributed by atoms with Gasteiger partial charge in [-0.05, 0) is 39.0 Å². The summed E-state index contributed by atoms with van der Waals surface area (Å²) in [5, 5.41) is 3.94. The van der Waals surface area contributed by atoms with Crippen LogP contribution >= 0.6 is 0 Å². The Bertz CT molecular complexity index is 318. The van der Waals surface area contributed by atoms with Crippen molar-refractivity contribution >= 4 is 0 Å². The van der Waals surface area contributed by atoms with Gasteiger partial charge in [-0.3, -0.25) is 4.90 Å². The second-order valence-electron chi connectivity index (χ2n) is 6.97. The van der Waals surface area contributed by atoms with E-state index in [1.165, 1.54) is 45.2 Å². The van der Waals surface area contributed by atoms with Gasteiger partial charge in [-0.15, -0.1) is 0 Å². The highest BCUT2D eigenvalue weighted by atomic mass is 16.5. The fourth-order valence-corrected chi connectivity index (χ4v) is 3.99. The minimum absolute atomic E-state index is 0.350. The van der Waals surface area contributed by atoms with E-state index in [0.717, 1.165) is 18.7 Å². The number of nitrogens with one attached hydrogen (secondary N) is 1. The molecule has 2 saturated carbocycles. The van der Waals surface area contributed by atoms with Crippen LogP contribution in [0.5, 0.6) is 0 Å².